The molecule has 1 heterocycles. The standard InChI is InChI=1S/C11H6F3NO3/c1-3-7(12)9(14)6-4(16)2-5(17)11(18)15-10(6)8(3)13/h2,17H,1H3,(H,15,18). The van der Waals surface area contributed by atoms with Gasteiger partial charge in [-0.25, -0.2) is 13.2 Å². The Kier molecular flexibility index (Phi) is 2.61. The maximum absolute atomic E-state index is 13.7. The molecule has 1 aromatic carbocycles. The Hall–Kier alpha value is -2.31. The Labute approximate surface area is 97.3 Å². The van der Waals surface area contributed by atoms with Crippen LogP contribution in [0.1, 0.15) is 5.56 Å². The summed E-state index contributed by atoms with van der Waals surface area (Å²) in [7, 11) is 0. The van der Waals surface area contributed by atoms with E-state index in [0.717, 1.165) is 6.92 Å². The molecule has 0 radical (unpaired) electrons. The first-order valence-corrected chi connectivity index (χ1v) is 4.78. The van der Waals surface area contributed by atoms with Gasteiger partial charge in [-0.2, -0.15) is 0 Å². The largest absolute Gasteiger partial charge is 0.503 e. The van der Waals surface area contributed by atoms with E-state index in [1.165, 1.54) is 0 Å². The fraction of sp³-hybridized carbons (Fsp3) is 0.0909. The smallest absolute Gasteiger partial charge is 0.290 e. The predicted octanol–water partition coefficient (Wildman–Crippen LogP) is 1.32. The van der Waals surface area contributed by atoms with Gasteiger partial charge in [-0.3, -0.25) is 9.59 Å². The average Bonchev–Trinajstić information content (AvgIpc) is 2.42. The number of hydrogen-bond donors (Lipinski definition) is 2. The molecule has 0 unspecified atom stereocenters. The first kappa shape index (κ1) is 12.2. The number of halogens is 3. The zero-order valence-corrected chi connectivity index (χ0v) is 8.97. The van der Waals surface area contributed by atoms with Gasteiger partial charge in [0.1, 0.15) is 0 Å². The van der Waals surface area contributed by atoms with E-state index in [2.05, 4.69) is 0 Å². The van der Waals surface area contributed by atoms with Gasteiger partial charge in [-0.05, 0) is 6.92 Å². The topological polar surface area (TPSA) is 70.2 Å². The van der Waals surface area contributed by atoms with Gasteiger partial charge in [0.2, 0.25) is 0 Å². The van der Waals surface area contributed by atoms with Crippen molar-refractivity contribution in [1.82, 2.24) is 4.98 Å². The van der Waals surface area contributed by atoms with Crippen LogP contribution >= 0.6 is 0 Å². The van der Waals surface area contributed by atoms with E-state index in [-0.39, 0.29) is 0 Å². The van der Waals surface area contributed by atoms with E-state index in [0.29, 0.717) is 6.07 Å². The summed E-state index contributed by atoms with van der Waals surface area (Å²) in [6.07, 6.45) is 0. The molecule has 0 aliphatic carbocycles. The molecule has 2 N–H and O–H groups in total. The van der Waals surface area contributed by atoms with Gasteiger partial charge in [0, 0.05) is 11.6 Å². The van der Waals surface area contributed by atoms with Crippen LogP contribution in [0.3, 0.4) is 0 Å². The lowest BCUT2D eigenvalue weighted by Gasteiger charge is -2.03. The van der Waals surface area contributed by atoms with Crippen molar-refractivity contribution < 1.29 is 18.3 Å². The number of hydrogen-bond acceptors (Lipinski definition) is 3. The molecule has 0 amide bonds. The first-order chi connectivity index (χ1) is 8.34. The molecule has 0 bridgehead atoms. The monoisotopic (exact) mass is 257 g/mol. The normalized spacial score (nSPS) is 10.9. The molecule has 18 heavy (non-hydrogen) atoms. The molecule has 0 atom stereocenters. The summed E-state index contributed by atoms with van der Waals surface area (Å²) < 4.78 is 40.6. The van der Waals surface area contributed by atoms with Gasteiger partial charge in [0.15, 0.2) is 28.6 Å². The lowest BCUT2D eigenvalue weighted by atomic mass is 10.1. The molecule has 0 aliphatic rings. The molecule has 4 nitrogen and oxygen atoms in total. The predicted molar refractivity (Wildman–Crippen MR) is 57.1 cm³/mol. The minimum absolute atomic E-state index is 0.401. The van der Waals surface area contributed by atoms with Crippen molar-refractivity contribution in [2.45, 2.75) is 6.92 Å². The van der Waals surface area contributed by atoms with E-state index in [1.54, 1.807) is 0 Å². The van der Waals surface area contributed by atoms with Crippen LogP contribution in [0.25, 0.3) is 10.9 Å². The van der Waals surface area contributed by atoms with E-state index in [9.17, 15) is 22.8 Å². The van der Waals surface area contributed by atoms with E-state index in [1.807, 2.05) is 4.98 Å². The highest BCUT2D eigenvalue weighted by atomic mass is 19.2. The third kappa shape index (κ3) is 1.55. The number of aromatic amines is 1. The maximum atomic E-state index is 13.7. The second kappa shape index (κ2) is 3.86. The van der Waals surface area contributed by atoms with Crippen LogP contribution in [0, 0.1) is 24.4 Å². The number of benzene rings is 1. The van der Waals surface area contributed by atoms with Crippen LogP contribution in [0.2, 0.25) is 0 Å². The van der Waals surface area contributed by atoms with Gasteiger partial charge < -0.3 is 10.1 Å². The van der Waals surface area contributed by atoms with Gasteiger partial charge in [-0.15, -0.1) is 0 Å². The Balaban J connectivity index is 3.28. The van der Waals surface area contributed by atoms with Crippen molar-refractivity contribution in [2.24, 2.45) is 0 Å². The zero-order chi connectivity index (χ0) is 13.6. The minimum Gasteiger partial charge on any atom is -0.503 e. The minimum atomic E-state index is -1.57. The highest BCUT2D eigenvalue weighted by molar-refractivity contribution is 5.80. The fourth-order valence-corrected chi connectivity index (χ4v) is 1.57. The molecule has 2 aromatic rings. The Morgan fingerprint density at radius 1 is 1.11 bits per heavy atom. The molecule has 2 rings (SSSR count). The van der Waals surface area contributed by atoms with Crippen molar-refractivity contribution >= 4 is 10.9 Å². The van der Waals surface area contributed by atoms with Gasteiger partial charge in [0.05, 0.1) is 10.9 Å². The van der Waals surface area contributed by atoms with E-state index < -0.39 is 50.7 Å². The second-order valence-corrected chi connectivity index (χ2v) is 3.66. The van der Waals surface area contributed by atoms with Crippen LogP contribution in [0.5, 0.6) is 5.75 Å². The fourth-order valence-electron chi connectivity index (χ4n) is 1.57. The average molecular weight is 257 g/mol. The van der Waals surface area contributed by atoms with Crippen LogP contribution in [-0.2, 0) is 0 Å². The van der Waals surface area contributed by atoms with Gasteiger partial charge in [-0.1, -0.05) is 0 Å². The Morgan fingerprint density at radius 2 is 1.72 bits per heavy atom. The third-order valence-electron chi connectivity index (χ3n) is 2.53. The number of nitrogens with one attached hydrogen (secondary N) is 1. The van der Waals surface area contributed by atoms with Crippen molar-refractivity contribution in [1.29, 1.82) is 0 Å². The molecule has 94 valence electrons. The number of H-pyrrole nitrogens is 1. The third-order valence-corrected chi connectivity index (χ3v) is 2.53. The lowest BCUT2D eigenvalue weighted by Crippen LogP contribution is -2.06. The number of aromatic nitrogens is 1. The second-order valence-electron chi connectivity index (χ2n) is 3.66. The van der Waals surface area contributed by atoms with Gasteiger partial charge in [0.25, 0.3) is 5.56 Å². The molecule has 0 spiro atoms. The van der Waals surface area contributed by atoms with E-state index >= 15 is 0 Å². The summed E-state index contributed by atoms with van der Waals surface area (Å²) in [5.41, 5.74) is -3.81. The number of fused-ring (bicyclic) bond motifs is 1. The van der Waals surface area contributed by atoms with Crippen LogP contribution in [-0.4, -0.2) is 10.1 Å². The van der Waals surface area contributed by atoms with Gasteiger partial charge >= 0.3 is 0 Å². The SMILES string of the molecule is Cc1c(F)c(F)c2c(=O)cc(O)c(=O)[nH]c2c1F. The molecule has 0 saturated carbocycles. The molecular formula is C11H6F3NO3. The molecular weight excluding hydrogens is 251 g/mol. The van der Waals surface area contributed by atoms with Crippen molar-refractivity contribution in [3.05, 3.63) is 49.7 Å². The summed E-state index contributed by atoms with van der Waals surface area (Å²) in [6, 6.07) is 0.401. The molecule has 0 saturated heterocycles. The van der Waals surface area contributed by atoms with Crippen LogP contribution < -0.4 is 11.0 Å². The summed E-state index contributed by atoms with van der Waals surface area (Å²) in [5, 5.41) is 8.16. The van der Waals surface area contributed by atoms with Crippen molar-refractivity contribution in [2.75, 3.05) is 0 Å². The summed E-state index contributed by atoms with van der Waals surface area (Å²) in [6.45, 7) is 0.961. The molecule has 1 aromatic heterocycles. The number of aromatic hydroxyl groups is 1. The Bertz CT molecular complexity index is 783. The highest BCUT2D eigenvalue weighted by Crippen LogP contribution is 2.22. The van der Waals surface area contributed by atoms with Crippen molar-refractivity contribution in [3.63, 3.8) is 0 Å². The van der Waals surface area contributed by atoms with E-state index in [4.69, 9.17) is 5.11 Å². The van der Waals surface area contributed by atoms with Crippen LogP contribution in [0.15, 0.2) is 15.7 Å². The first-order valence-electron chi connectivity index (χ1n) is 4.78. The number of rotatable bonds is 0. The molecule has 0 fully saturated rings. The molecule has 0 aliphatic heterocycles. The highest BCUT2D eigenvalue weighted by Gasteiger charge is 2.20. The van der Waals surface area contributed by atoms with Crippen molar-refractivity contribution in [3.8, 4) is 5.75 Å². The molecule has 7 heteroatoms. The summed E-state index contributed by atoms with van der Waals surface area (Å²) >= 11 is 0. The Morgan fingerprint density at radius 3 is 2.33 bits per heavy atom. The van der Waals surface area contributed by atoms with Crippen LogP contribution in [0.4, 0.5) is 13.2 Å². The lowest BCUT2D eigenvalue weighted by molar-refractivity contribution is 0.467. The summed E-state index contributed by atoms with van der Waals surface area (Å²) in [5.74, 6) is -5.34. The summed E-state index contributed by atoms with van der Waals surface area (Å²) in [4.78, 5) is 24.5. The zero-order valence-electron chi connectivity index (χ0n) is 8.97. The quantitative estimate of drug-likeness (QED) is 0.699. The maximum Gasteiger partial charge on any atom is 0.290 e.